The van der Waals surface area contributed by atoms with Crippen molar-refractivity contribution in [3.05, 3.63) is 12.2 Å². The number of carbonyl (C=O) groups is 1. The summed E-state index contributed by atoms with van der Waals surface area (Å²) in [5.74, 6) is 1.07. The topological polar surface area (TPSA) is 60.0 Å². The number of hydrogen-bond acceptors (Lipinski definition) is 3. The Balaban J connectivity index is 0.00000264. The van der Waals surface area contributed by atoms with E-state index in [0.717, 1.165) is 32.1 Å². The predicted octanol–water partition coefficient (Wildman–Crippen LogP) is 0.898. The molecule has 2 rings (SSSR count). The molecule has 23 heavy (non-hydrogen) atoms. The molecule has 7 heteroatoms. The van der Waals surface area contributed by atoms with Gasteiger partial charge in [-0.25, -0.2) is 0 Å². The fourth-order valence-electron chi connectivity index (χ4n) is 2.92. The predicted molar refractivity (Wildman–Crippen MR) is 105 cm³/mol. The van der Waals surface area contributed by atoms with Crippen molar-refractivity contribution in [3.8, 4) is 0 Å². The number of guanidine groups is 1. The van der Waals surface area contributed by atoms with E-state index in [0.29, 0.717) is 19.1 Å². The molecular weight excluding hydrogens is 405 g/mol. The van der Waals surface area contributed by atoms with Crippen LogP contribution in [0.25, 0.3) is 0 Å². The maximum absolute atomic E-state index is 11.5. The Labute approximate surface area is 156 Å². The quantitative estimate of drug-likeness (QED) is 0.222. The molecular formula is C16H30IN5O. The Bertz CT molecular complexity index is 430. The van der Waals surface area contributed by atoms with Crippen molar-refractivity contribution in [3.63, 3.8) is 0 Å². The molecule has 0 aromatic heterocycles. The van der Waals surface area contributed by atoms with Gasteiger partial charge in [0.05, 0.1) is 0 Å². The zero-order valence-electron chi connectivity index (χ0n) is 14.4. The van der Waals surface area contributed by atoms with Crippen molar-refractivity contribution in [2.45, 2.75) is 26.3 Å². The van der Waals surface area contributed by atoms with Crippen molar-refractivity contribution in [1.29, 1.82) is 0 Å². The Morgan fingerprint density at radius 2 is 1.91 bits per heavy atom. The first-order valence-corrected chi connectivity index (χ1v) is 8.24. The van der Waals surface area contributed by atoms with Crippen LogP contribution in [0.1, 0.15) is 20.3 Å². The number of nitrogens with one attached hydrogen (secondary N) is 2. The van der Waals surface area contributed by atoms with Gasteiger partial charge in [-0.2, -0.15) is 0 Å². The van der Waals surface area contributed by atoms with Crippen molar-refractivity contribution in [1.82, 2.24) is 20.4 Å². The largest absolute Gasteiger partial charge is 0.354 e. The zero-order valence-corrected chi connectivity index (χ0v) is 16.7. The van der Waals surface area contributed by atoms with Crippen LogP contribution in [-0.2, 0) is 4.79 Å². The van der Waals surface area contributed by atoms with E-state index in [2.05, 4.69) is 37.6 Å². The van der Waals surface area contributed by atoms with Gasteiger partial charge in [0.25, 0.3) is 0 Å². The van der Waals surface area contributed by atoms with Gasteiger partial charge in [-0.3, -0.25) is 14.7 Å². The minimum atomic E-state index is 0. The monoisotopic (exact) mass is 435 g/mol. The molecule has 1 amide bonds. The highest BCUT2D eigenvalue weighted by Crippen LogP contribution is 2.17. The first kappa shape index (κ1) is 20.2. The van der Waals surface area contributed by atoms with Crippen LogP contribution in [0.15, 0.2) is 17.1 Å². The summed E-state index contributed by atoms with van der Waals surface area (Å²) in [7, 11) is 1.82. The third-order valence-electron chi connectivity index (χ3n) is 4.27. The van der Waals surface area contributed by atoms with Crippen molar-refractivity contribution >= 4 is 35.8 Å². The van der Waals surface area contributed by atoms with Gasteiger partial charge in [0, 0.05) is 58.3 Å². The van der Waals surface area contributed by atoms with Gasteiger partial charge >= 0.3 is 0 Å². The minimum absolute atomic E-state index is 0. The Morgan fingerprint density at radius 1 is 1.26 bits per heavy atom. The molecule has 6 nitrogen and oxygen atoms in total. The molecule has 1 atom stereocenters. The molecule has 0 saturated carbocycles. The summed E-state index contributed by atoms with van der Waals surface area (Å²) < 4.78 is 0. The van der Waals surface area contributed by atoms with Crippen LogP contribution in [0.2, 0.25) is 0 Å². The lowest BCUT2D eigenvalue weighted by atomic mass is 10.2. The van der Waals surface area contributed by atoms with Gasteiger partial charge in [0.2, 0.25) is 5.91 Å². The lowest BCUT2D eigenvalue weighted by Crippen LogP contribution is -2.45. The third kappa shape index (κ3) is 5.95. The van der Waals surface area contributed by atoms with Crippen LogP contribution < -0.4 is 10.6 Å². The number of likely N-dealkylation sites (tertiary alicyclic amines) is 1. The Morgan fingerprint density at radius 3 is 2.52 bits per heavy atom. The van der Waals surface area contributed by atoms with Crippen LogP contribution in [-0.4, -0.2) is 74.0 Å². The van der Waals surface area contributed by atoms with Crippen molar-refractivity contribution in [2.75, 3.05) is 46.3 Å². The SMILES string of the molecule is CN=C(NCCNC(=O)C(C)C)N1CCC(N2CC=CC2)C1.I. The van der Waals surface area contributed by atoms with Crippen LogP contribution >= 0.6 is 24.0 Å². The standard InChI is InChI=1S/C16H29N5O.HI/c1-13(2)15(22)18-7-8-19-16(17-3)21-11-6-14(12-21)20-9-4-5-10-20;/h4-5,13-14H,6-12H2,1-3H3,(H,17,19)(H,18,22);1H. The van der Waals surface area contributed by atoms with Crippen LogP contribution in [0, 0.1) is 5.92 Å². The third-order valence-corrected chi connectivity index (χ3v) is 4.27. The molecule has 2 aliphatic rings. The van der Waals surface area contributed by atoms with Crippen LogP contribution in [0.3, 0.4) is 0 Å². The minimum Gasteiger partial charge on any atom is -0.354 e. The summed E-state index contributed by atoms with van der Waals surface area (Å²) in [6, 6.07) is 0.620. The summed E-state index contributed by atoms with van der Waals surface area (Å²) in [4.78, 5) is 20.7. The van der Waals surface area contributed by atoms with E-state index in [-0.39, 0.29) is 35.8 Å². The normalized spacial score (nSPS) is 21.7. The zero-order chi connectivity index (χ0) is 15.9. The smallest absolute Gasteiger partial charge is 0.222 e. The van der Waals surface area contributed by atoms with E-state index in [1.807, 2.05) is 20.9 Å². The fraction of sp³-hybridized carbons (Fsp3) is 0.750. The van der Waals surface area contributed by atoms with Crippen LogP contribution in [0.4, 0.5) is 0 Å². The number of halogens is 1. The first-order chi connectivity index (χ1) is 10.6. The van der Waals surface area contributed by atoms with Crippen LogP contribution in [0.5, 0.6) is 0 Å². The second-order valence-corrected chi connectivity index (χ2v) is 6.23. The molecule has 0 aliphatic carbocycles. The van der Waals surface area contributed by atoms with Gasteiger partial charge in [0.1, 0.15) is 0 Å². The molecule has 2 heterocycles. The number of hydrogen-bond donors (Lipinski definition) is 2. The number of carbonyl (C=O) groups excluding carboxylic acids is 1. The summed E-state index contributed by atoms with van der Waals surface area (Å²) in [5.41, 5.74) is 0. The van der Waals surface area contributed by atoms with Gasteiger partial charge in [-0.1, -0.05) is 26.0 Å². The number of nitrogens with zero attached hydrogens (tertiary/aromatic N) is 3. The maximum atomic E-state index is 11.5. The summed E-state index contributed by atoms with van der Waals surface area (Å²) in [5, 5.41) is 6.26. The summed E-state index contributed by atoms with van der Waals surface area (Å²) >= 11 is 0. The average molecular weight is 435 g/mol. The number of aliphatic imine (C=N–C) groups is 1. The summed E-state index contributed by atoms with van der Waals surface area (Å²) in [6.07, 6.45) is 5.67. The maximum Gasteiger partial charge on any atom is 0.222 e. The molecule has 0 bridgehead atoms. The van der Waals surface area contributed by atoms with Gasteiger partial charge in [0.15, 0.2) is 5.96 Å². The fourth-order valence-corrected chi connectivity index (χ4v) is 2.92. The second-order valence-electron chi connectivity index (χ2n) is 6.23. The van der Waals surface area contributed by atoms with Gasteiger partial charge in [-0.15, -0.1) is 24.0 Å². The second kappa shape index (κ2) is 10.1. The Hall–Kier alpha value is -0.830. The lowest BCUT2D eigenvalue weighted by molar-refractivity contribution is -0.123. The molecule has 0 spiro atoms. The van der Waals surface area contributed by atoms with E-state index in [4.69, 9.17) is 0 Å². The molecule has 1 fully saturated rings. The molecule has 0 radical (unpaired) electrons. The van der Waals surface area contributed by atoms with Gasteiger partial charge < -0.3 is 15.5 Å². The van der Waals surface area contributed by atoms with E-state index in [1.165, 1.54) is 6.42 Å². The molecule has 1 unspecified atom stereocenters. The Kier molecular flexibility index (Phi) is 8.90. The van der Waals surface area contributed by atoms with Crippen molar-refractivity contribution < 1.29 is 4.79 Å². The van der Waals surface area contributed by atoms with E-state index < -0.39 is 0 Å². The molecule has 2 N–H and O–H groups in total. The first-order valence-electron chi connectivity index (χ1n) is 8.24. The lowest BCUT2D eigenvalue weighted by Gasteiger charge is -2.25. The van der Waals surface area contributed by atoms with E-state index >= 15 is 0 Å². The number of rotatable bonds is 5. The summed E-state index contributed by atoms with van der Waals surface area (Å²) in [6.45, 7) is 9.36. The molecule has 0 aromatic carbocycles. The average Bonchev–Trinajstić information content (AvgIpc) is 3.17. The van der Waals surface area contributed by atoms with E-state index in [9.17, 15) is 4.79 Å². The highest BCUT2D eigenvalue weighted by atomic mass is 127. The molecule has 1 saturated heterocycles. The molecule has 2 aliphatic heterocycles. The highest BCUT2D eigenvalue weighted by Gasteiger charge is 2.29. The number of amides is 1. The van der Waals surface area contributed by atoms with Gasteiger partial charge in [-0.05, 0) is 6.42 Å². The highest BCUT2D eigenvalue weighted by molar-refractivity contribution is 14.0. The molecule has 132 valence electrons. The molecule has 0 aromatic rings. The van der Waals surface area contributed by atoms with Crippen molar-refractivity contribution in [2.24, 2.45) is 10.9 Å². The van der Waals surface area contributed by atoms with E-state index in [1.54, 1.807) is 0 Å².